The minimum absolute atomic E-state index is 0.186. The Bertz CT molecular complexity index is 716. The van der Waals surface area contributed by atoms with Crippen LogP contribution >= 0.6 is 11.3 Å². The lowest BCUT2D eigenvalue weighted by atomic mass is 10.1. The molecule has 2 N–H and O–H groups in total. The van der Waals surface area contributed by atoms with Crippen molar-refractivity contribution in [1.29, 1.82) is 0 Å². The number of carbonyl (C=O) groups excluding carboxylic acids is 1. The summed E-state index contributed by atoms with van der Waals surface area (Å²) >= 11 is 1.60. The van der Waals surface area contributed by atoms with Crippen molar-refractivity contribution in [2.45, 2.75) is 13.8 Å². The molecule has 21 heavy (non-hydrogen) atoms. The number of carboxylic acid groups (broad SMARTS) is 1. The van der Waals surface area contributed by atoms with Gasteiger partial charge in [-0.1, -0.05) is 6.07 Å². The lowest BCUT2D eigenvalue weighted by Crippen LogP contribution is -2.09. The molecular weight excluding hydrogens is 286 g/mol. The van der Waals surface area contributed by atoms with Crippen LogP contribution < -0.4 is 5.32 Å². The Morgan fingerprint density at radius 2 is 1.95 bits per heavy atom. The minimum atomic E-state index is -1.01. The van der Waals surface area contributed by atoms with E-state index in [1.165, 1.54) is 17.0 Å². The number of thiophene rings is 1. The van der Waals surface area contributed by atoms with E-state index in [1.54, 1.807) is 36.5 Å². The molecule has 108 valence electrons. The molecule has 0 aliphatic rings. The van der Waals surface area contributed by atoms with E-state index in [1.807, 2.05) is 19.1 Å². The Morgan fingerprint density at radius 3 is 2.57 bits per heavy atom. The molecule has 0 radical (unpaired) electrons. The van der Waals surface area contributed by atoms with Crippen LogP contribution in [0.15, 0.2) is 36.4 Å². The maximum absolute atomic E-state index is 11.8. The van der Waals surface area contributed by atoms with Crippen LogP contribution in [0.3, 0.4) is 0 Å². The van der Waals surface area contributed by atoms with Crippen molar-refractivity contribution in [3.8, 4) is 0 Å². The molecule has 5 heteroatoms. The summed E-state index contributed by atoms with van der Waals surface area (Å²) in [5, 5.41) is 11.7. The summed E-state index contributed by atoms with van der Waals surface area (Å²) in [6, 6.07) is 8.74. The first kappa shape index (κ1) is 15.0. The minimum Gasteiger partial charge on any atom is -0.478 e. The van der Waals surface area contributed by atoms with Crippen LogP contribution in [0.5, 0.6) is 0 Å². The third-order valence-corrected chi connectivity index (χ3v) is 3.86. The normalized spacial score (nSPS) is 10.8. The van der Waals surface area contributed by atoms with Crippen molar-refractivity contribution in [3.05, 3.63) is 57.3 Å². The van der Waals surface area contributed by atoms with Gasteiger partial charge in [0.2, 0.25) is 5.91 Å². The lowest BCUT2D eigenvalue weighted by Gasteiger charge is -2.05. The fraction of sp³-hybridized carbons (Fsp3) is 0.125. The fourth-order valence-electron chi connectivity index (χ4n) is 1.81. The number of hydrogen-bond acceptors (Lipinski definition) is 3. The molecule has 2 aromatic rings. The Morgan fingerprint density at radius 1 is 1.19 bits per heavy atom. The van der Waals surface area contributed by atoms with Gasteiger partial charge in [0.25, 0.3) is 0 Å². The SMILES string of the molecule is Cc1ccc(C=CC(=O)Nc2ccc(C)c(C(=O)O)c2)s1. The summed E-state index contributed by atoms with van der Waals surface area (Å²) in [5.74, 6) is -1.30. The second-order valence-electron chi connectivity index (χ2n) is 4.61. The molecule has 0 fully saturated rings. The monoisotopic (exact) mass is 301 g/mol. The standard InChI is InChI=1S/C16H15NO3S/c1-10-3-5-12(9-14(10)16(19)20)17-15(18)8-7-13-6-4-11(2)21-13/h3-9H,1-2H3,(H,17,18)(H,19,20). The summed E-state index contributed by atoms with van der Waals surface area (Å²) in [6.07, 6.45) is 3.17. The molecule has 0 saturated heterocycles. The van der Waals surface area contributed by atoms with Gasteiger partial charge in [0.1, 0.15) is 0 Å². The molecule has 0 aliphatic heterocycles. The third-order valence-electron chi connectivity index (χ3n) is 2.90. The highest BCUT2D eigenvalue weighted by Gasteiger charge is 2.08. The van der Waals surface area contributed by atoms with Gasteiger partial charge in [-0.05, 0) is 49.8 Å². The second-order valence-corrected chi connectivity index (χ2v) is 5.93. The van der Waals surface area contributed by atoms with Gasteiger partial charge in [-0.2, -0.15) is 0 Å². The molecular formula is C16H15NO3S. The highest BCUT2D eigenvalue weighted by molar-refractivity contribution is 7.12. The Labute approximate surface area is 126 Å². The highest BCUT2D eigenvalue weighted by Crippen LogP contribution is 2.17. The molecule has 0 saturated carbocycles. The molecule has 1 aromatic carbocycles. The van der Waals surface area contributed by atoms with Crippen LogP contribution in [0.4, 0.5) is 5.69 Å². The van der Waals surface area contributed by atoms with Crippen LogP contribution in [-0.2, 0) is 4.79 Å². The maximum atomic E-state index is 11.8. The van der Waals surface area contributed by atoms with Gasteiger partial charge in [-0.15, -0.1) is 11.3 Å². The lowest BCUT2D eigenvalue weighted by molar-refractivity contribution is -0.111. The largest absolute Gasteiger partial charge is 0.478 e. The molecule has 4 nitrogen and oxygen atoms in total. The van der Waals surface area contributed by atoms with Crippen molar-refractivity contribution in [2.75, 3.05) is 5.32 Å². The first-order valence-corrected chi connectivity index (χ1v) is 7.17. The number of hydrogen-bond donors (Lipinski definition) is 2. The Kier molecular flexibility index (Phi) is 4.55. The van der Waals surface area contributed by atoms with Crippen molar-refractivity contribution in [3.63, 3.8) is 0 Å². The zero-order chi connectivity index (χ0) is 15.4. The van der Waals surface area contributed by atoms with Crippen LogP contribution in [0.1, 0.15) is 25.7 Å². The van der Waals surface area contributed by atoms with E-state index in [2.05, 4.69) is 5.32 Å². The first-order chi connectivity index (χ1) is 9.95. The predicted octanol–water partition coefficient (Wildman–Crippen LogP) is 3.72. The van der Waals surface area contributed by atoms with Crippen LogP contribution in [-0.4, -0.2) is 17.0 Å². The zero-order valence-corrected chi connectivity index (χ0v) is 12.5. The van der Waals surface area contributed by atoms with E-state index in [9.17, 15) is 9.59 Å². The Balaban J connectivity index is 2.07. The summed E-state index contributed by atoms with van der Waals surface area (Å²) in [6.45, 7) is 3.72. The van der Waals surface area contributed by atoms with Crippen LogP contribution in [0.25, 0.3) is 6.08 Å². The van der Waals surface area contributed by atoms with E-state index >= 15 is 0 Å². The maximum Gasteiger partial charge on any atom is 0.336 e. The van der Waals surface area contributed by atoms with Gasteiger partial charge in [-0.3, -0.25) is 4.79 Å². The number of amides is 1. The quantitative estimate of drug-likeness (QED) is 0.846. The van der Waals surface area contributed by atoms with Gasteiger partial charge >= 0.3 is 5.97 Å². The average molecular weight is 301 g/mol. The van der Waals surface area contributed by atoms with Crippen molar-refractivity contribution in [2.24, 2.45) is 0 Å². The number of rotatable bonds is 4. The molecule has 0 bridgehead atoms. The molecule has 0 atom stereocenters. The average Bonchev–Trinajstić information content (AvgIpc) is 2.84. The van der Waals surface area contributed by atoms with Crippen molar-refractivity contribution in [1.82, 2.24) is 0 Å². The number of benzene rings is 1. The number of carboxylic acids is 1. The second kappa shape index (κ2) is 6.37. The highest BCUT2D eigenvalue weighted by atomic mass is 32.1. The van der Waals surface area contributed by atoms with E-state index in [0.29, 0.717) is 11.3 Å². The van der Waals surface area contributed by atoms with Gasteiger partial charge < -0.3 is 10.4 Å². The first-order valence-electron chi connectivity index (χ1n) is 6.35. The van der Waals surface area contributed by atoms with E-state index < -0.39 is 5.97 Å². The van der Waals surface area contributed by atoms with E-state index in [4.69, 9.17) is 5.11 Å². The molecule has 0 unspecified atom stereocenters. The zero-order valence-electron chi connectivity index (χ0n) is 11.7. The number of aryl methyl sites for hydroxylation is 2. The Hall–Kier alpha value is -2.40. The van der Waals surface area contributed by atoms with Gasteiger partial charge in [0.15, 0.2) is 0 Å². The molecule has 2 rings (SSSR count). The van der Waals surface area contributed by atoms with Crippen molar-refractivity contribution >= 4 is 35.0 Å². The summed E-state index contributed by atoms with van der Waals surface area (Å²) in [7, 11) is 0. The van der Waals surface area contributed by atoms with Crippen LogP contribution in [0, 0.1) is 13.8 Å². The summed E-state index contributed by atoms with van der Waals surface area (Å²) < 4.78 is 0. The molecule has 1 heterocycles. The third kappa shape index (κ3) is 4.03. The molecule has 1 aromatic heterocycles. The van der Waals surface area contributed by atoms with Gasteiger partial charge in [-0.25, -0.2) is 4.79 Å². The van der Waals surface area contributed by atoms with E-state index in [0.717, 1.165) is 4.88 Å². The fourth-order valence-corrected chi connectivity index (χ4v) is 2.59. The smallest absolute Gasteiger partial charge is 0.336 e. The number of anilines is 1. The summed E-state index contributed by atoms with van der Waals surface area (Å²) in [4.78, 5) is 25.0. The van der Waals surface area contributed by atoms with Crippen molar-refractivity contribution < 1.29 is 14.7 Å². The number of aromatic carboxylic acids is 1. The summed E-state index contributed by atoms with van der Waals surface area (Å²) in [5.41, 5.74) is 1.31. The predicted molar refractivity (Wildman–Crippen MR) is 84.9 cm³/mol. The topological polar surface area (TPSA) is 66.4 Å². The number of nitrogens with one attached hydrogen (secondary N) is 1. The van der Waals surface area contributed by atoms with E-state index in [-0.39, 0.29) is 11.5 Å². The molecule has 0 spiro atoms. The van der Waals surface area contributed by atoms with Crippen LogP contribution in [0.2, 0.25) is 0 Å². The number of carbonyl (C=O) groups is 2. The van der Waals surface area contributed by atoms with Gasteiger partial charge in [0.05, 0.1) is 5.56 Å². The van der Waals surface area contributed by atoms with Gasteiger partial charge in [0, 0.05) is 21.5 Å². The molecule has 1 amide bonds. The molecule has 0 aliphatic carbocycles.